The molecule has 0 aromatic carbocycles. The molecule has 0 bridgehead atoms. The van der Waals surface area contributed by atoms with Gasteiger partial charge in [-0.3, -0.25) is 9.69 Å². The van der Waals surface area contributed by atoms with Crippen LogP contribution in [0.1, 0.15) is 47.0 Å². The van der Waals surface area contributed by atoms with Crippen LogP contribution in [0.15, 0.2) is 0 Å². The Hall–Kier alpha value is -0.610. The van der Waals surface area contributed by atoms with Crippen LogP contribution in [0.4, 0.5) is 0 Å². The van der Waals surface area contributed by atoms with Crippen LogP contribution >= 0.6 is 0 Å². The van der Waals surface area contributed by atoms with Crippen molar-refractivity contribution in [2.45, 2.75) is 58.5 Å². The van der Waals surface area contributed by atoms with E-state index in [2.05, 4.69) is 31.1 Å². The van der Waals surface area contributed by atoms with Gasteiger partial charge in [0.2, 0.25) is 5.91 Å². The molecule has 0 unspecified atom stereocenters. The number of amides is 1. The highest BCUT2D eigenvalue weighted by Crippen LogP contribution is 2.21. The molecule has 4 nitrogen and oxygen atoms in total. The van der Waals surface area contributed by atoms with Crippen molar-refractivity contribution in [3.8, 4) is 0 Å². The summed E-state index contributed by atoms with van der Waals surface area (Å²) in [6.07, 6.45) is 2.57. The van der Waals surface area contributed by atoms with Gasteiger partial charge in [0.1, 0.15) is 0 Å². The first-order chi connectivity index (χ1) is 7.91. The Morgan fingerprint density at radius 1 is 1.35 bits per heavy atom. The Kier molecular flexibility index (Phi) is 7.39. The molecule has 0 saturated heterocycles. The first-order valence-electron chi connectivity index (χ1n) is 6.62. The van der Waals surface area contributed by atoms with Crippen molar-refractivity contribution in [2.24, 2.45) is 5.73 Å². The second-order valence-corrected chi connectivity index (χ2v) is 5.03. The molecule has 0 radical (unpaired) electrons. The van der Waals surface area contributed by atoms with Gasteiger partial charge in [-0.25, -0.2) is 0 Å². The summed E-state index contributed by atoms with van der Waals surface area (Å²) in [4.78, 5) is 13.8. The molecule has 1 amide bonds. The Labute approximate surface area is 106 Å². The lowest BCUT2D eigenvalue weighted by atomic mass is 9.91. The molecule has 3 N–H and O–H groups in total. The third-order valence-electron chi connectivity index (χ3n) is 3.63. The van der Waals surface area contributed by atoms with Crippen molar-refractivity contribution in [2.75, 3.05) is 20.1 Å². The zero-order valence-corrected chi connectivity index (χ0v) is 12.0. The molecule has 4 heteroatoms. The van der Waals surface area contributed by atoms with Gasteiger partial charge in [-0.15, -0.1) is 0 Å². The van der Waals surface area contributed by atoms with Gasteiger partial charge >= 0.3 is 0 Å². The van der Waals surface area contributed by atoms with Gasteiger partial charge < -0.3 is 11.1 Å². The van der Waals surface area contributed by atoms with E-state index < -0.39 is 0 Å². The average molecular weight is 243 g/mol. The summed E-state index contributed by atoms with van der Waals surface area (Å²) in [6, 6.07) is 0.212. The zero-order chi connectivity index (χ0) is 13.5. The highest BCUT2D eigenvalue weighted by Gasteiger charge is 2.29. The van der Waals surface area contributed by atoms with E-state index in [9.17, 15) is 4.79 Å². The summed E-state index contributed by atoms with van der Waals surface area (Å²) in [6.45, 7) is 9.66. The fourth-order valence-electron chi connectivity index (χ4n) is 2.13. The van der Waals surface area contributed by atoms with Crippen molar-refractivity contribution >= 4 is 5.91 Å². The number of nitrogens with two attached hydrogens (primary N) is 1. The van der Waals surface area contributed by atoms with E-state index in [4.69, 9.17) is 5.73 Å². The molecule has 102 valence electrons. The van der Waals surface area contributed by atoms with Crippen LogP contribution in [0, 0.1) is 0 Å². The van der Waals surface area contributed by atoms with Gasteiger partial charge in [-0.05, 0) is 33.7 Å². The van der Waals surface area contributed by atoms with Gasteiger partial charge in [0.25, 0.3) is 0 Å². The van der Waals surface area contributed by atoms with Gasteiger partial charge in [-0.1, -0.05) is 13.8 Å². The molecule has 0 aromatic rings. The molecule has 0 aromatic heterocycles. The van der Waals surface area contributed by atoms with Crippen molar-refractivity contribution in [3.05, 3.63) is 0 Å². The van der Waals surface area contributed by atoms with Crippen LogP contribution < -0.4 is 11.1 Å². The molecule has 0 heterocycles. The van der Waals surface area contributed by atoms with Crippen LogP contribution in [0.25, 0.3) is 0 Å². The van der Waals surface area contributed by atoms with Crippen molar-refractivity contribution in [1.29, 1.82) is 0 Å². The number of nitrogens with zero attached hydrogens (tertiary/aromatic N) is 1. The first kappa shape index (κ1) is 16.4. The Morgan fingerprint density at radius 2 is 1.88 bits per heavy atom. The van der Waals surface area contributed by atoms with E-state index in [0.717, 1.165) is 19.4 Å². The van der Waals surface area contributed by atoms with E-state index in [0.29, 0.717) is 13.0 Å². The van der Waals surface area contributed by atoms with E-state index >= 15 is 0 Å². The minimum absolute atomic E-state index is 0.0398. The Balaban J connectivity index is 4.24. The number of hydrogen-bond donors (Lipinski definition) is 2. The standard InChI is InChI=1S/C13H29N3O/c1-6-13(7-2,10-14)16(5)9-8-12(17)15-11(3)4/h11H,6-10,14H2,1-5H3,(H,15,17). The summed E-state index contributed by atoms with van der Waals surface area (Å²) < 4.78 is 0. The number of likely N-dealkylation sites (N-methyl/N-ethyl adjacent to an activating group) is 1. The second-order valence-electron chi connectivity index (χ2n) is 5.03. The largest absolute Gasteiger partial charge is 0.354 e. The molecule has 0 aliphatic rings. The van der Waals surface area contributed by atoms with Crippen molar-refractivity contribution in [3.63, 3.8) is 0 Å². The van der Waals surface area contributed by atoms with Gasteiger partial charge in [0.05, 0.1) is 0 Å². The Morgan fingerprint density at radius 3 is 2.24 bits per heavy atom. The lowest BCUT2D eigenvalue weighted by Gasteiger charge is -2.40. The van der Waals surface area contributed by atoms with Crippen LogP contribution in [0.5, 0.6) is 0 Å². The quantitative estimate of drug-likeness (QED) is 0.676. The summed E-state index contributed by atoms with van der Waals surface area (Å²) in [7, 11) is 2.06. The number of nitrogens with one attached hydrogen (secondary N) is 1. The molecule has 0 rings (SSSR count). The molecule has 0 fully saturated rings. The van der Waals surface area contributed by atoms with Crippen LogP contribution in [-0.2, 0) is 4.79 Å². The monoisotopic (exact) mass is 243 g/mol. The zero-order valence-electron chi connectivity index (χ0n) is 12.0. The van der Waals surface area contributed by atoms with Crippen LogP contribution in [-0.4, -0.2) is 42.5 Å². The van der Waals surface area contributed by atoms with E-state index in [1.807, 2.05) is 13.8 Å². The molecular formula is C13H29N3O. The molecule has 0 aliphatic heterocycles. The molecule has 0 atom stereocenters. The SMILES string of the molecule is CCC(CC)(CN)N(C)CCC(=O)NC(C)C. The minimum Gasteiger partial charge on any atom is -0.354 e. The second kappa shape index (κ2) is 7.67. The number of rotatable bonds is 8. The lowest BCUT2D eigenvalue weighted by Crippen LogP contribution is -2.52. The number of carbonyl (C=O) groups excluding carboxylic acids is 1. The summed E-state index contributed by atoms with van der Waals surface area (Å²) in [5, 5.41) is 2.91. The molecule has 0 saturated carbocycles. The summed E-state index contributed by atoms with van der Waals surface area (Å²) >= 11 is 0. The van der Waals surface area contributed by atoms with Crippen molar-refractivity contribution in [1.82, 2.24) is 10.2 Å². The molecule has 17 heavy (non-hydrogen) atoms. The van der Waals surface area contributed by atoms with Gasteiger partial charge in [-0.2, -0.15) is 0 Å². The van der Waals surface area contributed by atoms with Gasteiger partial charge in [0.15, 0.2) is 0 Å². The maximum atomic E-state index is 11.6. The maximum absolute atomic E-state index is 11.6. The van der Waals surface area contributed by atoms with Gasteiger partial charge in [0, 0.05) is 31.1 Å². The van der Waals surface area contributed by atoms with Crippen molar-refractivity contribution < 1.29 is 4.79 Å². The average Bonchev–Trinajstić information content (AvgIpc) is 2.28. The third kappa shape index (κ3) is 5.04. The number of carbonyl (C=O) groups is 1. The minimum atomic E-state index is 0.0398. The highest BCUT2D eigenvalue weighted by atomic mass is 16.1. The normalized spacial score (nSPS) is 12.2. The van der Waals surface area contributed by atoms with E-state index in [1.165, 1.54) is 0 Å². The maximum Gasteiger partial charge on any atom is 0.221 e. The summed E-state index contributed by atoms with van der Waals surface area (Å²) in [5.41, 5.74) is 5.91. The lowest BCUT2D eigenvalue weighted by molar-refractivity contribution is -0.122. The van der Waals surface area contributed by atoms with Crippen LogP contribution in [0.3, 0.4) is 0 Å². The molecule has 0 spiro atoms. The third-order valence-corrected chi connectivity index (χ3v) is 3.63. The predicted molar refractivity (Wildman–Crippen MR) is 72.9 cm³/mol. The smallest absolute Gasteiger partial charge is 0.221 e. The fraction of sp³-hybridized carbons (Fsp3) is 0.923. The molecular weight excluding hydrogens is 214 g/mol. The first-order valence-corrected chi connectivity index (χ1v) is 6.62. The molecule has 0 aliphatic carbocycles. The topological polar surface area (TPSA) is 58.4 Å². The van der Waals surface area contributed by atoms with E-state index in [1.54, 1.807) is 0 Å². The van der Waals surface area contributed by atoms with E-state index in [-0.39, 0.29) is 17.5 Å². The number of hydrogen-bond acceptors (Lipinski definition) is 3. The van der Waals surface area contributed by atoms with Crippen LogP contribution in [0.2, 0.25) is 0 Å². The summed E-state index contributed by atoms with van der Waals surface area (Å²) in [5.74, 6) is 0.116. The fourth-order valence-corrected chi connectivity index (χ4v) is 2.13. The highest BCUT2D eigenvalue weighted by molar-refractivity contribution is 5.76. The predicted octanol–water partition coefficient (Wildman–Crippen LogP) is 1.35. The Bertz CT molecular complexity index is 216.